The molecular weight excluding hydrogens is 464 g/mol. The van der Waals surface area contributed by atoms with Crippen LogP contribution >= 0.6 is 0 Å². The van der Waals surface area contributed by atoms with Crippen LogP contribution in [-0.4, -0.2) is 30.3 Å². The predicted molar refractivity (Wildman–Crippen MR) is 148 cm³/mol. The molecule has 0 aromatic heterocycles. The van der Waals surface area contributed by atoms with Crippen molar-refractivity contribution in [2.75, 3.05) is 17.3 Å². The van der Waals surface area contributed by atoms with E-state index in [0.29, 0.717) is 5.69 Å². The summed E-state index contributed by atoms with van der Waals surface area (Å²) in [6.07, 6.45) is -0.279. The van der Waals surface area contributed by atoms with Gasteiger partial charge in [-0.15, -0.1) is 0 Å². The maximum absolute atomic E-state index is 12.5. The normalized spacial score (nSPS) is 14.9. The van der Waals surface area contributed by atoms with E-state index in [-0.39, 0.29) is 18.4 Å². The minimum absolute atomic E-state index is 0.0703. The average Bonchev–Trinajstić information content (AvgIpc) is 2.77. The number of carbonyl (C=O) groups excluding carboxylic acids is 2. The van der Waals surface area contributed by atoms with E-state index in [1.165, 1.54) is 0 Å². The van der Waals surface area contributed by atoms with Crippen molar-refractivity contribution in [1.82, 2.24) is 0 Å². The number of amides is 1. The van der Waals surface area contributed by atoms with Gasteiger partial charge in [0.15, 0.2) is 0 Å². The van der Waals surface area contributed by atoms with Gasteiger partial charge in [-0.3, -0.25) is 10.1 Å². The largest absolute Gasteiger partial charge is 0.460 e. The molecule has 3 aromatic carbocycles. The Morgan fingerprint density at radius 1 is 0.838 bits per heavy atom. The van der Waals surface area contributed by atoms with Crippen LogP contribution < -0.4 is 10.2 Å². The number of ether oxygens (including phenoxy) is 2. The van der Waals surface area contributed by atoms with Crippen LogP contribution in [0.1, 0.15) is 64.3 Å². The number of rotatable bonds is 4. The van der Waals surface area contributed by atoms with Crippen molar-refractivity contribution in [3.63, 3.8) is 0 Å². The summed E-state index contributed by atoms with van der Waals surface area (Å²) in [4.78, 5) is 27.1. The zero-order chi connectivity index (χ0) is 27.0. The number of nitrogens with zero attached hydrogens (tertiary/aromatic N) is 1. The van der Waals surface area contributed by atoms with E-state index in [4.69, 9.17) is 9.47 Å². The molecule has 1 unspecified atom stereocenters. The van der Waals surface area contributed by atoms with E-state index in [1.54, 1.807) is 0 Å². The molecule has 0 aliphatic carbocycles. The lowest BCUT2D eigenvalue weighted by atomic mass is 9.84. The number of nitrogens with one attached hydrogen (secondary N) is 1. The second-order valence-corrected chi connectivity index (χ2v) is 11.5. The molecule has 0 bridgehead atoms. The molecule has 1 N–H and O–H groups in total. The molecule has 1 atom stereocenters. The lowest BCUT2D eigenvalue weighted by Gasteiger charge is -2.38. The third-order valence-corrected chi connectivity index (χ3v) is 5.99. The SMILES string of the molecule is CN1c2cc(NC(=O)OC(C)(C)C)ccc2-c2ccc(CC(=O)OC(C)(C)C)cc2C1c1ccccc1. The topological polar surface area (TPSA) is 67.9 Å². The maximum Gasteiger partial charge on any atom is 0.412 e. The second-order valence-electron chi connectivity index (χ2n) is 11.5. The summed E-state index contributed by atoms with van der Waals surface area (Å²) in [5, 5.41) is 2.86. The van der Waals surface area contributed by atoms with Gasteiger partial charge in [-0.1, -0.05) is 54.6 Å². The van der Waals surface area contributed by atoms with Gasteiger partial charge >= 0.3 is 12.1 Å². The summed E-state index contributed by atoms with van der Waals surface area (Å²) in [7, 11) is 2.05. The number of hydrogen-bond donors (Lipinski definition) is 1. The zero-order valence-corrected chi connectivity index (χ0v) is 22.7. The van der Waals surface area contributed by atoms with Gasteiger partial charge in [-0.25, -0.2) is 4.79 Å². The first kappa shape index (κ1) is 26.3. The van der Waals surface area contributed by atoms with E-state index < -0.39 is 17.3 Å². The molecule has 1 aliphatic rings. The van der Waals surface area contributed by atoms with Crippen LogP contribution in [0.2, 0.25) is 0 Å². The Bertz CT molecular complexity index is 1300. The first-order chi connectivity index (χ1) is 17.3. The number of anilines is 2. The molecular formula is C31H36N2O4. The number of benzene rings is 3. The molecule has 0 fully saturated rings. The van der Waals surface area contributed by atoms with Gasteiger partial charge in [-0.05, 0) is 75.9 Å². The average molecular weight is 501 g/mol. The van der Waals surface area contributed by atoms with Crippen LogP contribution in [0, 0.1) is 0 Å². The Kier molecular flexibility index (Phi) is 7.05. The zero-order valence-electron chi connectivity index (χ0n) is 22.7. The van der Waals surface area contributed by atoms with Gasteiger partial charge in [0, 0.05) is 24.0 Å². The van der Waals surface area contributed by atoms with Gasteiger partial charge < -0.3 is 14.4 Å². The molecule has 6 heteroatoms. The van der Waals surface area contributed by atoms with Gasteiger partial charge in [0.2, 0.25) is 0 Å². The van der Waals surface area contributed by atoms with E-state index in [9.17, 15) is 9.59 Å². The van der Waals surface area contributed by atoms with Crippen LogP contribution in [0.3, 0.4) is 0 Å². The maximum atomic E-state index is 12.5. The smallest absolute Gasteiger partial charge is 0.412 e. The highest BCUT2D eigenvalue weighted by Gasteiger charge is 2.31. The number of fused-ring (bicyclic) bond motifs is 3. The lowest BCUT2D eigenvalue weighted by Crippen LogP contribution is -2.30. The fraction of sp³-hybridized carbons (Fsp3) is 0.355. The molecule has 0 saturated carbocycles. The second kappa shape index (κ2) is 9.92. The molecule has 3 aromatic rings. The predicted octanol–water partition coefficient (Wildman–Crippen LogP) is 7.12. The molecule has 0 radical (unpaired) electrons. The summed E-state index contributed by atoms with van der Waals surface area (Å²) in [5.74, 6) is -0.244. The number of carbonyl (C=O) groups is 2. The Hall–Kier alpha value is -3.80. The summed E-state index contributed by atoms with van der Waals surface area (Å²) in [6.45, 7) is 11.1. The highest BCUT2D eigenvalue weighted by molar-refractivity contribution is 5.91. The van der Waals surface area contributed by atoms with Gasteiger partial charge in [0.25, 0.3) is 0 Å². The molecule has 0 saturated heterocycles. The molecule has 6 nitrogen and oxygen atoms in total. The monoisotopic (exact) mass is 500 g/mol. The van der Waals surface area contributed by atoms with Crippen LogP contribution in [0.4, 0.5) is 16.2 Å². The Balaban J connectivity index is 1.74. The van der Waals surface area contributed by atoms with E-state index in [1.807, 2.05) is 84.0 Å². The summed E-state index contributed by atoms with van der Waals surface area (Å²) >= 11 is 0. The number of hydrogen-bond acceptors (Lipinski definition) is 5. The van der Waals surface area contributed by atoms with Crippen molar-refractivity contribution in [2.45, 2.75) is 65.2 Å². The Morgan fingerprint density at radius 2 is 1.49 bits per heavy atom. The molecule has 4 rings (SSSR count). The summed E-state index contributed by atoms with van der Waals surface area (Å²) in [5.41, 5.74) is 5.88. The van der Waals surface area contributed by atoms with Gasteiger partial charge in [-0.2, -0.15) is 0 Å². The highest BCUT2D eigenvalue weighted by Crippen LogP contribution is 2.47. The molecule has 1 heterocycles. The molecule has 194 valence electrons. The van der Waals surface area contributed by atoms with Crippen molar-refractivity contribution in [1.29, 1.82) is 0 Å². The molecule has 1 amide bonds. The lowest BCUT2D eigenvalue weighted by molar-refractivity contribution is -0.153. The Labute approximate surface area is 219 Å². The molecule has 1 aliphatic heterocycles. The first-order valence-corrected chi connectivity index (χ1v) is 12.6. The minimum atomic E-state index is -0.580. The fourth-order valence-electron chi connectivity index (χ4n) is 4.67. The van der Waals surface area contributed by atoms with Crippen LogP contribution in [0.15, 0.2) is 66.7 Å². The Morgan fingerprint density at radius 3 is 2.14 bits per heavy atom. The summed E-state index contributed by atoms with van der Waals surface area (Å²) in [6, 6.07) is 22.3. The van der Waals surface area contributed by atoms with Crippen molar-refractivity contribution >= 4 is 23.4 Å². The molecule has 0 spiro atoms. The highest BCUT2D eigenvalue weighted by atomic mass is 16.6. The third kappa shape index (κ3) is 6.31. The van der Waals surface area contributed by atoms with Crippen LogP contribution in [-0.2, 0) is 20.7 Å². The van der Waals surface area contributed by atoms with E-state index in [2.05, 4.69) is 41.5 Å². The third-order valence-electron chi connectivity index (χ3n) is 5.99. The fourth-order valence-corrected chi connectivity index (χ4v) is 4.67. The van der Waals surface area contributed by atoms with E-state index in [0.717, 1.165) is 33.5 Å². The van der Waals surface area contributed by atoms with Crippen molar-refractivity contribution in [2.24, 2.45) is 0 Å². The van der Waals surface area contributed by atoms with Gasteiger partial charge in [0.05, 0.1) is 12.5 Å². The number of esters is 1. The summed E-state index contributed by atoms with van der Waals surface area (Å²) < 4.78 is 11.0. The first-order valence-electron chi connectivity index (χ1n) is 12.6. The van der Waals surface area contributed by atoms with E-state index >= 15 is 0 Å². The van der Waals surface area contributed by atoms with Gasteiger partial charge in [0.1, 0.15) is 11.2 Å². The van der Waals surface area contributed by atoms with Crippen LogP contribution in [0.25, 0.3) is 11.1 Å². The van der Waals surface area contributed by atoms with Crippen molar-refractivity contribution < 1.29 is 19.1 Å². The van der Waals surface area contributed by atoms with Crippen LogP contribution in [0.5, 0.6) is 0 Å². The minimum Gasteiger partial charge on any atom is -0.460 e. The molecule has 37 heavy (non-hydrogen) atoms. The quantitative estimate of drug-likeness (QED) is 0.386. The van der Waals surface area contributed by atoms with Crippen molar-refractivity contribution in [3.8, 4) is 11.1 Å². The van der Waals surface area contributed by atoms with Crippen molar-refractivity contribution in [3.05, 3.63) is 83.4 Å². The standard InChI is InChI=1S/C31H36N2O4/c1-30(2,3)36-27(34)18-20-13-15-23-24-16-14-22(32-29(35)37-31(4,5)6)19-26(24)33(7)28(25(23)17-20)21-11-9-8-10-12-21/h8-17,19,28H,18H2,1-7H3,(H,32,35).